The van der Waals surface area contributed by atoms with Gasteiger partial charge < -0.3 is 4.57 Å². The van der Waals surface area contributed by atoms with Gasteiger partial charge in [0.2, 0.25) is 0 Å². The maximum absolute atomic E-state index is 4.02. The first kappa shape index (κ1) is 9.97. The Bertz CT molecular complexity index is 387. The molecule has 0 spiro atoms. The second kappa shape index (κ2) is 4.78. The molecule has 0 bridgehead atoms. The Balaban J connectivity index is 1.81. The lowest BCUT2D eigenvalue weighted by molar-refractivity contribution is 0.642. The Kier molecular flexibility index (Phi) is 3.18. The minimum absolute atomic E-state index is 1.05. The predicted octanol–water partition coefficient (Wildman–Crippen LogP) is 2.82. The van der Waals surface area contributed by atoms with Crippen LogP contribution in [0.3, 0.4) is 0 Å². The van der Waals surface area contributed by atoms with Gasteiger partial charge in [0.25, 0.3) is 0 Å². The smallest absolute Gasteiger partial charge is 0.0945 e. The molecule has 1 aromatic carbocycles. The molecule has 0 N–H and O–H groups in total. The van der Waals surface area contributed by atoms with E-state index in [1.807, 2.05) is 18.7 Å². The van der Waals surface area contributed by atoms with Crippen molar-refractivity contribution in [2.45, 2.75) is 26.3 Å². The van der Waals surface area contributed by atoms with E-state index in [4.69, 9.17) is 0 Å². The van der Waals surface area contributed by atoms with Crippen LogP contribution in [0.25, 0.3) is 0 Å². The fourth-order valence-electron chi connectivity index (χ4n) is 1.64. The highest BCUT2D eigenvalue weighted by molar-refractivity contribution is 5.21. The van der Waals surface area contributed by atoms with Crippen molar-refractivity contribution in [3.05, 3.63) is 54.1 Å². The fourth-order valence-corrected chi connectivity index (χ4v) is 1.64. The summed E-state index contributed by atoms with van der Waals surface area (Å²) in [5, 5.41) is 0. The van der Waals surface area contributed by atoms with E-state index in [1.54, 1.807) is 0 Å². The van der Waals surface area contributed by atoms with Gasteiger partial charge in [-0.15, -0.1) is 0 Å². The highest BCUT2D eigenvalue weighted by Crippen LogP contribution is 2.06. The lowest BCUT2D eigenvalue weighted by Crippen LogP contribution is -1.96. The largest absolute Gasteiger partial charge is 0.337 e. The third-order valence-electron chi connectivity index (χ3n) is 2.56. The summed E-state index contributed by atoms with van der Waals surface area (Å²) in [7, 11) is 0. The Labute approximate surface area is 90.6 Å². The molecule has 0 saturated carbocycles. The third kappa shape index (κ3) is 2.94. The summed E-state index contributed by atoms with van der Waals surface area (Å²) in [6.45, 7) is 3.17. The Morgan fingerprint density at radius 1 is 1.20 bits per heavy atom. The predicted molar refractivity (Wildman–Crippen MR) is 61.7 cm³/mol. The van der Waals surface area contributed by atoms with Crippen molar-refractivity contribution in [3.63, 3.8) is 0 Å². The number of nitrogens with zero attached hydrogens (tertiary/aromatic N) is 2. The lowest BCUT2D eigenvalue weighted by Gasteiger charge is -2.03. The molecule has 78 valence electrons. The monoisotopic (exact) mass is 200 g/mol. The zero-order chi connectivity index (χ0) is 10.5. The molecule has 2 heteroatoms. The van der Waals surface area contributed by atoms with Gasteiger partial charge in [0.1, 0.15) is 0 Å². The van der Waals surface area contributed by atoms with E-state index in [0.717, 1.165) is 13.0 Å². The summed E-state index contributed by atoms with van der Waals surface area (Å²) < 4.78 is 2.12. The van der Waals surface area contributed by atoms with Crippen LogP contribution in [0.2, 0.25) is 0 Å². The zero-order valence-electron chi connectivity index (χ0n) is 9.06. The zero-order valence-corrected chi connectivity index (χ0v) is 9.06. The Morgan fingerprint density at radius 2 is 2.00 bits per heavy atom. The molecule has 0 saturated heterocycles. The summed E-state index contributed by atoms with van der Waals surface area (Å²) >= 11 is 0. The molecule has 0 aliphatic carbocycles. The fraction of sp³-hybridized carbons (Fsp3) is 0.308. The van der Waals surface area contributed by atoms with Crippen LogP contribution in [0.4, 0.5) is 0 Å². The SMILES string of the molecule is Cc1ccc(CCCn2ccnc2)cc1. The number of hydrogen-bond acceptors (Lipinski definition) is 1. The summed E-state index contributed by atoms with van der Waals surface area (Å²) in [5.74, 6) is 0. The number of aryl methyl sites for hydroxylation is 3. The van der Waals surface area contributed by atoms with Crippen molar-refractivity contribution in [1.29, 1.82) is 0 Å². The van der Waals surface area contributed by atoms with Gasteiger partial charge in [-0.05, 0) is 25.3 Å². The molecule has 15 heavy (non-hydrogen) atoms. The normalized spacial score (nSPS) is 10.5. The molecule has 1 heterocycles. The molecular weight excluding hydrogens is 184 g/mol. The van der Waals surface area contributed by atoms with Crippen LogP contribution in [0, 0.1) is 6.92 Å². The van der Waals surface area contributed by atoms with Crippen molar-refractivity contribution in [3.8, 4) is 0 Å². The van der Waals surface area contributed by atoms with Crippen LogP contribution in [0.15, 0.2) is 43.0 Å². The number of imidazole rings is 1. The van der Waals surface area contributed by atoms with Gasteiger partial charge in [-0.25, -0.2) is 4.98 Å². The molecule has 0 amide bonds. The van der Waals surface area contributed by atoms with Crippen molar-refractivity contribution in [1.82, 2.24) is 9.55 Å². The first-order chi connectivity index (χ1) is 7.34. The summed E-state index contributed by atoms with van der Waals surface area (Å²) in [4.78, 5) is 4.02. The van der Waals surface area contributed by atoms with E-state index < -0.39 is 0 Å². The van der Waals surface area contributed by atoms with Crippen molar-refractivity contribution < 1.29 is 0 Å². The Hall–Kier alpha value is -1.57. The molecule has 1 aromatic heterocycles. The van der Waals surface area contributed by atoms with Crippen LogP contribution < -0.4 is 0 Å². The standard InChI is InChI=1S/C13H16N2/c1-12-4-6-13(7-5-12)3-2-9-15-10-8-14-11-15/h4-8,10-11H,2-3,9H2,1H3. The molecule has 2 nitrogen and oxygen atoms in total. The maximum Gasteiger partial charge on any atom is 0.0945 e. The van der Waals surface area contributed by atoms with Gasteiger partial charge in [-0.2, -0.15) is 0 Å². The first-order valence-electron chi connectivity index (χ1n) is 5.36. The van der Waals surface area contributed by atoms with Gasteiger partial charge >= 0.3 is 0 Å². The van der Waals surface area contributed by atoms with Gasteiger partial charge in [0.05, 0.1) is 6.33 Å². The highest BCUT2D eigenvalue weighted by Gasteiger charge is 1.94. The maximum atomic E-state index is 4.02. The molecule has 2 aromatic rings. The lowest BCUT2D eigenvalue weighted by atomic mass is 10.1. The average Bonchev–Trinajstić information content (AvgIpc) is 2.74. The average molecular weight is 200 g/mol. The molecule has 0 aliphatic heterocycles. The van der Waals surface area contributed by atoms with Crippen molar-refractivity contribution >= 4 is 0 Å². The third-order valence-corrected chi connectivity index (χ3v) is 2.56. The minimum atomic E-state index is 1.05. The summed E-state index contributed by atoms with van der Waals surface area (Å²) in [6.07, 6.45) is 8.01. The number of benzene rings is 1. The second-order valence-corrected chi connectivity index (χ2v) is 3.89. The van der Waals surface area contributed by atoms with E-state index in [2.05, 4.69) is 40.7 Å². The molecule has 0 radical (unpaired) electrons. The van der Waals surface area contributed by atoms with Crippen LogP contribution in [-0.4, -0.2) is 9.55 Å². The molecule has 0 aliphatic rings. The van der Waals surface area contributed by atoms with Crippen LogP contribution in [-0.2, 0) is 13.0 Å². The van der Waals surface area contributed by atoms with E-state index in [-0.39, 0.29) is 0 Å². The number of rotatable bonds is 4. The first-order valence-corrected chi connectivity index (χ1v) is 5.36. The highest BCUT2D eigenvalue weighted by atomic mass is 15.0. The van der Waals surface area contributed by atoms with E-state index in [0.29, 0.717) is 0 Å². The van der Waals surface area contributed by atoms with Gasteiger partial charge in [-0.1, -0.05) is 29.8 Å². The Morgan fingerprint density at radius 3 is 2.67 bits per heavy atom. The van der Waals surface area contributed by atoms with Crippen molar-refractivity contribution in [2.75, 3.05) is 0 Å². The van der Waals surface area contributed by atoms with Gasteiger partial charge in [0.15, 0.2) is 0 Å². The van der Waals surface area contributed by atoms with E-state index >= 15 is 0 Å². The van der Waals surface area contributed by atoms with E-state index in [9.17, 15) is 0 Å². The van der Waals surface area contributed by atoms with E-state index in [1.165, 1.54) is 17.5 Å². The van der Waals surface area contributed by atoms with Crippen LogP contribution >= 0.6 is 0 Å². The summed E-state index contributed by atoms with van der Waals surface area (Å²) in [5.41, 5.74) is 2.74. The van der Waals surface area contributed by atoms with Crippen LogP contribution in [0.1, 0.15) is 17.5 Å². The second-order valence-electron chi connectivity index (χ2n) is 3.89. The quantitative estimate of drug-likeness (QED) is 0.742. The molecular formula is C13H16N2. The molecule has 2 rings (SSSR count). The number of hydrogen-bond donors (Lipinski definition) is 0. The molecule has 0 unspecified atom stereocenters. The molecule has 0 fully saturated rings. The topological polar surface area (TPSA) is 17.8 Å². The minimum Gasteiger partial charge on any atom is -0.337 e. The van der Waals surface area contributed by atoms with Gasteiger partial charge in [-0.3, -0.25) is 0 Å². The van der Waals surface area contributed by atoms with Crippen LogP contribution in [0.5, 0.6) is 0 Å². The number of aromatic nitrogens is 2. The summed E-state index contributed by atoms with van der Waals surface area (Å²) in [6, 6.07) is 8.77. The van der Waals surface area contributed by atoms with Crippen molar-refractivity contribution in [2.24, 2.45) is 0 Å². The van der Waals surface area contributed by atoms with Gasteiger partial charge in [0, 0.05) is 18.9 Å². The molecule has 0 atom stereocenters.